The second-order valence-corrected chi connectivity index (χ2v) is 10.9. The molecule has 11 nitrogen and oxygen atoms in total. The first-order valence-electron chi connectivity index (χ1n) is 12.2. The summed E-state index contributed by atoms with van der Waals surface area (Å²) in [5.74, 6) is -0.435. The van der Waals surface area contributed by atoms with Gasteiger partial charge in [-0.2, -0.15) is 4.98 Å². The summed E-state index contributed by atoms with van der Waals surface area (Å²) in [5.41, 5.74) is 1.11. The largest absolute Gasteiger partial charge is 0.480 e. The van der Waals surface area contributed by atoms with E-state index in [1.54, 1.807) is 18.3 Å². The Kier molecular flexibility index (Phi) is 8.17. The van der Waals surface area contributed by atoms with Crippen LogP contribution in [-0.4, -0.2) is 74.3 Å². The number of benzene rings is 1. The molecule has 5 rings (SSSR count). The maximum absolute atomic E-state index is 13.4. The second-order valence-electron chi connectivity index (χ2n) is 8.84. The predicted octanol–water partition coefficient (Wildman–Crippen LogP) is 3.07. The molecular weight excluding hydrogens is 565 g/mol. The maximum Gasteiger partial charge on any atom is 0.263 e. The number of aromatic nitrogens is 3. The van der Waals surface area contributed by atoms with Gasteiger partial charge in [-0.05, 0) is 36.4 Å². The van der Waals surface area contributed by atoms with Crippen molar-refractivity contribution in [1.82, 2.24) is 19.3 Å². The summed E-state index contributed by atoms with van der Waals surface area (Å²) in [4.78, 5) is 23.4. The van der Waals surface area contributed by atoms with Crippen molar-refractivity contribution in [2.24, 2.45) is 0 Å². The molecule has 1 N–H and O–H groups in total. The molecule has 0 bridgehead atoms. The van der Waals surface area contributed by atoms with Crippen molar-refractivity contribution in [2.75, 3.05) is 51.3 Å². The Bertz CT molecular complexity index is 1710. The van der Waals surface area contributed by atoms with Gasteiger partial charge in [0.1, 0.15) is 28.7 Å². The van der Waals surface area contributed by atoms with Crippen LogP contribution in [0.4, 0.5) is 10.1 Å². The first-order valence-corrected chi connectivity index (χ1v) is 14.1. The lowest BCUT2D eigenvalue weighted by atomic mass is 10.1. The van der Waals surface area contributed by atoms with Crippen LogP contribution in [-0.2, 0) is 14.8 Å². The van der Waals surface area contributed by atoms with Crippen LogP contribution in [0.1, 0.15) is 0 Å². The topological polar surface area (TPSA) is 124 Å². The Morgan fingerprint density at radius 2 is 1.93 bits per heavy atom. The van der Waals surface area contributed by atoms with Crippen molar-refractivity contribution in [1.29, 1.82) is 0 Å². The van der Waals surface area contributed by atoms with E-state index < -0.39 is 15.8 Å². The summed E-state index contributed by atoms with van der Waals surface area (Å²) in [5, 5.41) is -0.276. The lowest BCUT2D eigenvalue weighted by Crippen LogP contribution is -2.38. The van der Waals surface area contributed by atoms with Gasteiger partial charge in [0, 0.05) is 43.2 Å². The molecule has 0 aliphatic carbocycles. The lowest BCUT2D eigenvalue weighted by molar-refractivity contribution is 0.0320. The van der Waals surface area contributed by atoms with Crippen LogP contribution in [0.25, 0.3) is 16.8 Å². The Morgan fingerprint density at radius 1 is 1.12 bits per heavy atom. The standard InChI is InChI=1S/C26H25ClFN5O6S/c1-37-26-21(31-40(35,36)22-4-3-19(28)13-20(22)27)12-18(15-29-26)17-2-5-23-30-24(14-25(34)33(23)16-17)39-11-8-32-6-9-38-10-7-32/h2-5,12-16,31H,6-11H2,1H3. The first kappa shape index (κ1) is 27.8. The lowest BCUT2D eigenvalue weighted by Gasteiger charge is -2.26. The zero-order chi connectivity index (χ0) is 28.3. The number of ether oxygens (including phenoxy) is 3. The van der Waals surface area contributed by atoms with E-state index in [4.69, 9.17) is 25.8 Å². The maximum atomic E-state index is 13.4. The summed E-state index contributed by atoms with van der Waals surface area (Å²) < 4.78 is 59.5. The molecule has 4 heterocycles. The highest BCUT2D eigenvalue weighted by atomic mass is 35.5. The minimum atomic E-state index is -4.21. The Hall–Kier alpha value is -3.78. The molecular formula is C26H25ClFN5O6S. The normalized spacial score (nSPS) is 14.3. The molecule has 3 aromatic heterocycles. The number of sulfonamides is 1. The number of morpholine rings is 1. The third-order valence-corrected chi connectivity index (χ3v) is 8.05. The molecule has 14 heteroatoms. The highest BCUT2D eigenvalue weighted by Gasteiger charge is 2.21. The molecule has 0 atom stereocenters. The summed E-state index contributed by atoms with van der Waals surface area (Å²) >= 11 is 5.97. The summed E-state index contributed by atoms with van der Waals surface area (Å²) in [7, 11) is -2.87. The monoisotopic (exact) mass is 589 g/mol. The molecule has 0 radical (unpaired) electrons. The fourth-order valence-electron chi connectivity index (χ4n) is 4.17. The van der Waals surface area contributed by atoms with Crippen molar-refractivity contribution >= 4 is 33.0 Å². The highest BCUT2D eigenvalue weighted by molar-refractivity contribution is 7.92. The number of methoxy groups -OCH3 is 1. The molecule has 1 aromatic carbocycles. The predicted molar refractivity (Wildman–Crippen MR) is 146 cm³/mol. The average Bonchev–Trinajstić information content (AvgIpc) is 2.93. The van der Waals surface area contributed by atoms with Crippen LogP contribution in [0.2, 0.25) is 5.02 Å². The van der Waals surface area contributed by atoms with Crippen LogP contribution >= 0.6 is 11.6 Å². The van der Waals surface area contributed by atoms with Crippen molar-refractivity contribution in [3.63, 3.8) is 0 Å². The first-order chi connectivity index (χ1) is 19.2. The molecule has 4 aromatic rings. The SMILES string of the molecule is COc1ncc(-c2ccc3nc(OCCN4CCOCC4)cc(=O)n3c2)cc1NS(=O)(=O)c1ccc(F)cc1Cl. The molecule has 0 amide bonds. The van der Waals surface area contributed by atoms with Gasteiger partial charge in [-0.15, -0.1) is 0 Å². The summed E-state index contributed by atoms with van der Waals surface area (Å²) in [6.07, 6.45) is 3.05. The Morgan fingerprint density at radius 3 is 2.67 bits per heavy atom. The molecule has 1 aliphatic rings. The van der Waals surface area contributed by atoms with Gasteiger partial charge in [-0.25, -0.2) is 17.8 Å². The highest BCUT2D eigenvalue weighted by Crippen LogP contribution is 2.31. The van der Waals surface area contributed by atoms with Gasteiger partial charge in [0.25, 0.3) is 15.6 Å². The van der Waals surface area contributed by atoms with E-state index in [1.807, 2.05) is 0 Å². The molecule has 0 spiro atoms. The quantitative estimate of drug-likeness (QED) is 0.314. The van der Waals surface area contributed by atoms with Gasteiger partial charge in [0.05, 0.1) is 31.4 Å². The fourth-order valence-corrected chi connectivity index (χ4v) is 5.75. The minimum Gasteiger partial charge on any atom is -0.480 e. The molecule has 1 saturated heterocycles. The van der Waals surface area contributed by atoms with E-state index >= 15 is 0 Å². The van der Waals surface area contributed by atoms with Crippen LogP contribution in [0.3, 0.4) is 0 Å². The fraction of sp³-hybridized carbons (Fsp3) is 0.269. The summed E-state index contributed by atoms with van der Waals surface area (Å²) in [6.45, 7) is 4.15. The molecule has 210 valence electrons. The van der Waals surface area contributed by atoms with Gasteiger partial charge < -0.3 is 14.2 Å². The number of nitrogens with zero attached hydrogens (tertiary/aromatic N) is 4. The zero-order valence-electron chi connectivity index (χ0n) is 21.3. The van der Waals surface area contributed by atoms with Gasteiger partial charge in [0.2, 0.25) is 11.8 Å². The number of hydrogen-bond acceptors (Lipinski definition) is 9. The van der Waals surface area contributed by atoms with E-state index in [-0.39, 0.29) is 32.9 Å². The van der Waals surface area contributed by atoms with Gasteiger partial charge in [-0.1, -0.05) is 11.6 Å². The van der Waals surface area contributed by atoms with Crippen LogP contribution in [0, 0.1) is 5.82 Å². The minimum absolute atomic E-state index is 0.00375. The number of rotatable bonds is 9. The number of hydrogen-bond donors (Lipinski definition) is 1. The molecule has 1 aliphatic heterocycles. The number of pyridine rings is 2. The van der Waals surface area contributed by atoms with Crippen molar-refractivity contribution in [3.05, 3.63) is 76.1 Å². The molecule has 40 heavy (non-hydrogen) atoms. The molecule has 0 saturated carbocycles. The second kappa shape index (κ2) is 11.8. The Labute approximate surface area is 234 Å². The van der Waals surface area contributed by atoms with Gasteiger partial charge in [-0.3, -0.25) is 18.8 Å². The summed E-state index contributed by atoms with van der Waals surface area (Å²) in [6, 6.07) is 9.15. The van der Waals surface area contributed by atoms with Crippen LogP contribution < -0.4 is 19.8 Å². The zero-order valence-corrected chi connectivity index (χ0v) is 22.9. The van der Waals surface area contributed by atoms with E-state index in [0.29, 0.717) is 43.1 Å². The van der Waals surface area contributed by atoms with Crippen molar-refractivity contribution in [2.45, 2.75) is 4.90 Å². The molecule has 0 unspecified atom stereocenters. The number of halogens is 2. The van der Waals surface area contributed by atoms with Crippen molar-refractivity contribution in [3.8, 4) is 22.9 Å². The van der Waals surface area contributed by atoms with Crippen molar-refractivity contribution < 1.29 is 27.0 Å². The third kappa shape index (κ3) is 6.17. The van der Waals surface area contributed by atoms with Crippen LogP contribution in [0.5, 0.6) is 11.8 Å². The smallest absolute Gasteiger partial charge is 0.263 e. The van der Waals surface area contributed by atoms with Crippen LogP contribution in [0.15, 0.2) is 64.5 Å². The Balaban J connectivity index is 1.39. The van der Waals surface area contributed by atoms with E-state index in [2.05, 4.69) is 19.6 Å². The number of fused-ring (bicyclic) bond motifs is 1. The van der Waals surface area contributed by atoms with E-state index in [0.717, 1.165) is 31.3 Å². The van der Waals surface area contributed by atoms with Gasteiger partial charge >= 0.3 is 0 Å². The van der Waals surface area contributed by atoms with E-state index in [9.17, 15) is 17.6 Å². The number of anilines is 1. The van der Waals surface area contributed by atoms with Gasteiger partial charge in [0.15, 0.2) is 0 Å². The average molecular weight is 590 g/mol. The molecule has 1 fully saturated rings. The number of nitrogens with one attached hydrogen (secondary N) is 1. The van der Waals surface area contributed by atoms with E-state index in [1.165, 1.54) is 29.8 Å². The third-order valence-electron chi connectivity index (χ3n) is 6.20.